The maximum Gasteiger partial charge on any atom is 0.335 e. The van der Waals surface area contributed by atoms with E-state index in [-0.39, 0.29) is 0 Å². The van der Waals surface area contributed by atoms with Crippen LogP contribution in [-0.4, -0.2) is 39.0 Å². The number of hydrogen-bond acceptors (Lipinski definition) is 6. The van der Waals surface area contributed by atoms with E-state index in [0.29, 0.717) is 17.9 Å². The Kier molecular flexibility index (Phi) is 6.74. The van der Waals surface area contributed by atoms with Gasteiger partial charge in [-0.1, -0.05) is 31.5 Å². The summed E-state index contributed by atoms with van der Waals surface area (Å²) in [6.45, 7) is 2.65. The van der Waals surface area contributed by atoms with Crippen molar-refractivity contribution in [1.82, 2.24) is 0 Å². The number of carbonyl (C=O) groups is 2. The zero-order valence-corrected chi connectivity index (χ0v) is 14.7. The highest BCUT2D eigenvalue weighted by Crippen LogP contribution is 2.39. The lowest BCUT2D eigenvalue weighted by Crippen LogP contribution is -2.31. The molecule has 1 heterocycles. The maximum absolute atomic E-state index is 12.2. The second-order valence-electron chi connectivity index (χ2n) is 5.64. The minimum Gasteiger partial charge on any atom is -0.493 e. The predicted molar refractivity (Wildman–Crippen MR) is 93.7 cm³/mol. The summed E-state index contributed by atoms with van der Waals surface area (Å²) in [4.78, 5) is 28.5. The second-order valence-corrected chi connectivity index (χ2v) is 5.64. The average molecular weight is 345 g/mol. The van der Waals surface area contributed by atoms with Crippen molar-refractivity contribution in [2.24, 2.45) is 10.9 Å². The van der Waals surface area contributed by atoms with Crippen LogP contribution in [0.25, 0.3) is 0 Å². The Morgan fingerprint density at radius 2 is 1.92 bits per heavy atom. The Bertz CT molecular complexity index is 680. The summed E-state index contributed by atoms with van der Waals surface area (Å²) in [6.07, 6.45) is 4.85. The SMILES string of the molecule is CCCCOc1ccccc1[C@@H]1C(C(=O)OC)=CN=CC1C(=O)OC. The van der Waals surface area contributed by atoms with Crippen LogP contribution in [0.3, 0.4) is 0 Å². The number of para-hydroxylation sites is 1. The first kappa shape index (κ1) is 18.7. The van der Waals surface area contributed by atoms with Crippen molar-refractivity contribution in [2.75, 3.05) is 20.8 Å². The third-order valence-electron chi connectivity index (χ3n) is 4.06. The summed E-state index contributed by atoms with van der Waals surface area (Å²) in [5.74, 6) is -1.65. The molecular weight excluding hydrogens is 322 g/mol. The number of esters is 2. The Balaban J connectivity index is 2.46. The van der Waals surface area contributed by atoms with Crippen LogP contribution in [0.1, 0.15) is 31.2 Å². The Morgan fingerprint density at radius 3 is 2.60 bits per heavy atom. The van der Waals surface area contributed by atoms with Crippen molar-refractivity contribution in [1.29, 1.82) is 0 Å². The molecule has 0 N–H and O–H groups in total. The number of hydrogen-bond donors (Lipinski definition) is 0. The topological polar surface area (TPSA) is 74.2 Å². The number of unbranched alkanes of at least 4 members (excludes halogenated alkanes) is 1. The maximum atomic E-state index is 12.2. The zero-order chi connectivity index (χ0) is 18.2. The molecule has 134 valence electrons. The summed E-state index contributed by atoms with van der Waals surface area (Å²) in [5.41, 5.74) is 1.03. The fourth-order valence-electron chi connectivity index (χ4n) is 2.76. The summed E-state index contributed by atoms with van der Waals surface area (Å²) >= 11 is 0. The molecule has 0 fully saturated rings. The van der Waals surface area contributed by atoms with Gasteiger partial charge in [-0.15, -0.1) is 0 Å². The highest BCUT2D eigenvalue weighted by Gasteiger charge is 2.38. The molecule has 1 unspecified atom stereocenters. The molecule has 0 saturated carbocycles. The minimum atomic E-state index is -0.722. The minimum absolute atomic E-state index is 0.298. The molecule has 1 aromatic rings. The summed E-state index contributed by atoms with van der Waals surface area (Å²) in [6, 6.07) is 7.38. The molecule has 0 radical (unpaired) electrons. The van der Waals surface area contributed by atoms with E-state index in [0.717, 1.165) is 18.4 Å². The Hall–Kier alpha value is -2.63. The molecule has 0 amide bonds. The van der Waals surface area contributed by atoms with Gasteiger partial charge in [-0.3, -0.25) is 9.79 Å². The molecule has 2 rings (SSSR count). The fraction of sp³-hybridized carbons (Fsp3) is 0.421. The molecule has 0 saturated heterocycles. The highest BCUT2D eigenvalue weighted by molar-refractivity contribution is 5.99. The van der Waals surface area contributed by atoms with Crippen LogP contribution in [0.2, 0.25) is 0 Å². The normalized spacial score (nSPS) is 19.1. The molecule has 6 heteroatoms. The summed E-state index contributed by atoms with van der Waals surface area (Å²) < 4.78 is 15.6. The Morgan fingerprint density at radius 1 is 1.16 bits per heavy atom. The van der Waals surface area contributed by atoms with Gasteiger partial charge in [0.15, 0.2) is 0 Å². The number of benzene rings is 1. The van der Waals surface area contributed by atoms with Crippen LogP contribution >= 0.6 is 0 Å². The number of nitrogens with zero attached hydrogens (tertiary/aromatic N) is 1. The number of rotatable bonds is 7. The first-order valence-electron chi connectivity index (χ1n) is 8.25. The second kappa shape index (κ2) is 9.01. The van der Waals surface area contributed by atoms with Gasteiger partial charge >= 0.3 is 11.9 Å². The van der Waals surface area contributed by atoms with E-state index >= 15 is 0 Å². The van der Waals surface area contributed by atoms with E-state index < -0.39 is 23.8 Å². The number of carbonyl (C=O) groups excluding carboxylic acids is 2. The van der Waals surface area contributed by atoms with E-state index in [1.54, 1.807) is 0 Å². The lowest BCUT2D eigenvalue weighted by molar-refractivity contribution is -0.143. The van der Waals surface area contributed by atoms with Gasteiger partial charge in [-0.25, -0.2) is 4.79 Å². The van der Waals surface area contributed by atoms with Crippen molar-refractivity contribution < 1.29 is 23.8 Å². The van der Waals surface area contributed by atoms with Crippen LogP contribution in [0.5, 0.6) is 5.75 Å². The monoisotopic (exact) mass is 345 g/mol. The standard InChI is InChI=1S/C19H23NO5/c1-4-5-10-25-16-9-7-6-8-13(16)17-14(18(21)23-2)11-20-12-15(17)19(22)24-3/h6-9,11-12,14,17H,4-5,10H2,1-3H3/t14?,17-/m0/s1. The van der Waals surface area contributed by atoms with Crippen LogP contribution < -0.4 is 4.74 Å². The van der Waals surface area contributed by atoms with Crippen molar-refractivity contribution in [3.05, 3.63) is 41.6 Å². The molecule has 1 aromatic carbocycles. The molecule has 0 spiro atoms. The molecule has 6 nitrogen and oxygen atoms in total. The third-order valence-corrected chi connectivity index (χ3v) is 4.06. The lowest BCUT2D eigenvalue weighted by Gasteiger charge is -2.27. The number of aliphatic imine (C=N–C) groups is 1. The highest BCUT2D eigenvalue weighted by atomic mass is 16.5. The fourth-order valence-corrected chi connectivity index (χ4v) is 2.76. The first-order valence-corrected chi connectivity index (χ1v) is 8.25. The molecule has 1 aliphatic rings. The van der Waals surface area contributed by atoms with Crippen LogP contribution in [0, 0.1) is 5.92 Å². The van der Waals surface area contributed by atoms with Crippen LogP contribution in [0.15, 0.2) is 41.0 Å². The molecule has 0 aromatic heterocycles. The van der Waals surface area contributed by atoms with Gasteiger partial charge in [0, 0.05) is 23.9 Å². The summed E-state index contributed by atoms with van der Waals surface area (Å²) in [7, 11) is 2.61. The smallest absolute Gasteiger partial charge is 0.335 e. The van der Waals surface area contributed by atoms with Crippen LogP contribution in [-0.2, 0) is 19.1 Å². The van der Waals surface area contributed by atoms with Gasteiger partial charge in [-0.05, 0) is 12.5 Å². The summed E-state index contributed by atoms with van der Waals surface area (Å²) in [5, 5.41) is 0. The quantitative estimate of drug-likeness (QED) is 0.561. The molecule has 2 atom stereocenters. The first-order chi connectivity index (χ1) is 12.1. The van der Waals surface area contributed by atoms with E-state index in [1.165, 1.54) is 26.6 Å². The van der Waals surface area contributed by atoms with Crippen molar-refractivity contribution in [3.8, 4) is 5.75 Å². The van der Waals surface area contributed by atoms with Crippen LogP contribution in [0.4, 0.5) is 0 Å². The van der Waals surface area contributed by atoms with Gasteiger partial charge in [0.05, 0.1) is 26.4 Å². The third kappa shape index (κ3) is 4.26. The van der Waals surface area contributed by atoms with Gasteiger partial charge in [0.1, 0.15) is 11.7 Å². The largest absolute Gasteiger partial charge is 0.493 e. The number of methoxy groups -OCH3 is 2. The molecule has 1 aliphatic heterocycles. The molecular formula is C19H23NO5. The number of ether oxygens (including phenoxy) is 3. The molecule has 0 aliphatic carbocycles. The van der Waals surface area contributed by atoms with Gasteiger partial charge in [-0.2, -0.15) is 0 Å². The van der Waals surface area contributed by atoms with E-state index in [4.69, 9.17) is 14.2 Å². The Labute approximate surface area is 147 Å². The molecule has 25 heavy (non-hydrogen) atoms. The van der Waals surface area contributed by atoms with E-state index in [1.807, 2.05) is 24.3 Å². The molecule has 0 bridgehead atoms. The average Bonchev–Trinajstić information content (AvgIpc) is 2.66. The van der Waals surface area contributed by atoms with Crippen molar-refractivity contribution >= 4 is 18.2 Å². The van der Waals surface area contributed by atoms with Gasteiger partial charge < -0.3 is 14.2 Å². The van der Waals surface area contributed by atoms with Crippen molar-refractivity contribution in [3.63, 3.8) is 0 Å². The predicted octanol–water partition coefficient (Wildman–Crippen LogP) is 2.88. The zero-order valence-electron chi connectivity index (χ0n) is 14.7. The lowest BCUT2D eigenvalue weighted by atomic mass is 9.79. The van der Waals surface area contributed by atoms with E-state index in [2.05, 4.69) is 11.9 Å². The van der Waals surface area contributed by atoms with Gasteiger partial charge in [0.25, 0.3) is 0 Å². The van der Waals surface area contributed by atoms with E-state index in [9.17, 15) is 9.59 Å². The van der Waals surface area contributed by atoms with Crippen molar-refractivity contribution in [2.45, 2.75) is 25.7 Å². The van der Waals surface area contributed by atoms with Gasteiger partial charge in [0.2, 0.25) is 0 Å².